The summed E-state index contributed by atoms with van der Waals surface area (Å²) < 4.78 is 32.7. The van der Waals surface area contributed by atoms with Crippen LogP contribution in [0.5, 0.6) is 11.5 Å². The number of aromatic hydroxyl groups is 1. The molecular weight excluding hydrogens is 202 g/mol. The minimum absolute atomic E-state index is 0.0660. The average molecular weight is 214 g/mol. The molecule has 0 spiro atoms. The van der Waals surface area contributed by atoms with Gasteiger partial charge in [-0.2, -0.15) is 0 Å². The summed E-state index contributed by atoms with van der Waals surface area (Å²) in [6.07, 6.45) is -0.349. The van der Waals surface area contributed by atoms with E-state index in [-0.39, 0.29) is 23.5 Å². The smallest absolute Gasteiger partial charge is 0.280 e. The van der Waals surface area contributed by atoms with Gasteiger partial charge in [0.05, 0.1) is 12.0 Å². The van der Waals surface area contributed by atoms with Gasteiger partial charge < -0.3 is 9.84 Å². The van der Waals surface area contributed by atoms with E-state index < -0.39 is 11.5 Å². The van der Waals surface area contributed by atoms with Crippen molar-refractivity contribution in [2.75, 3.05) is 0 Å². The number of ether oxygens (including phenoxy) is 1. The molecule has 2 nitrogen and oxygen atoms in total. The second-order valence-electron chi connectivity index (χ2n) is 4.42. The van der Waals surface area contributed by atoms with Crippen LogP contribution in [0.1, 0.15) is 25.8 Å². The van der Waals surface area contributed by atoms with Gasteiger partial charge in [0.1, 0.15) is 17.1 Å². The van der Waals surface area contributed by atoms with E-state index in [9.17, 15) is 13.9 Å². The molecule has 0 aliphatic carbocycles. The van der Waals surface area contributed by atoms with Crippen molar-refractivity contribution in [2.45, 2.75) is 31.8 Å². The van der Waals surface area contributed by atoms with Crippen molar-refractivity contribution in [3.8, 4) is 11.5 Å². The van der Waals surface area contributed by atoms with Crippen LogP contribution in [-0.2, 0) is 5.92 Å². The minimum atomic E-state index is -2.90. The number of phenolic OH excluding ortho intramolecular Hbond substituents is 1. The Balaban J connectivity index is 2.55. The fourth-order valence-corrected chi connectivity index (χ4v) is 1.86. The second kappa shape index (κ2) is 2.84. The SMILES string of the molecule is CC1(C)CC(F)(F)c2ccc(O)cc2O1. The van der Waals surface area contributed by atoms with Crippen molar-refractivity contribution in [3.05, 3.63) is 23.8 Å². The Labute approximate surface area is 86.5 Å². The predicted molar refractivity (Wildman–Crippen MR) is 51.3 cm³/mol. The van der Waals surface area contributed by atoms with Crippen molar-refractivity contribution < 1.29 is 18.6 Å². The van der Waals surface area contributed by atoms with E-state index >= 15 is 0 Å². The molecule has 0 amide bonds. The number of fused-ring (bicyclic) bond motifs is 1. The van der Waals surface area contributed by atoms with Crippen molar-refractivity contribution >= 4 is 0 Å². The van der Waals surface area contributed by atoms with E-state index in [1.807, 2.05) is 0 Å². The van der Waals surface area contributed by atoms with E-state index in [4.69, 9.17) is 4.74 Å². The molecule has 82 valence electrons. The van der Waals surface area contributed by atoms with Gasteiger partial charge in [0.15, 0.2) is 0 Å². The first-order valence-corrected chi connectivity index (χ1v) is 4.70. The molecule has 0 bridgehead atoms. The van der Waals surface area contributed by atoms with Crippen LogP contribution in [0, 0.1) is 0 Å². The number of halogens is 2. The number of hydrogen-bond acceptors (Lipinski definition) is 2. The monoisotopic (exact) mass is 214 g/mol. The first kappa shape index (κ1) is 10.2. The van der Waals surface area contributed by atoms with Gasteiger partial charge in [-0.1, -0.05) is 0 Å². The molecule has 0 saturated carbocycles. The Morgan fingerprint density at radius 1 is 1.33 bits per heavy atom. The van der Waals surface area contributed by atoms with Gasteiger partial charge in [-0.05, 0) is 26.0 Å². The number of hydrogen-bond donors (Lipinski definition) is 1. The molecule has 2 rings (SSSR count). The topological polar surface area (TPSA) is 29.5 Å². The lowest BCUT2D eigenvalue weighted by atomic mass is 9.91. The zero-order valence-corrected chi connectivity index (χ0v) is 8.55. The van der Waals surface area contributed by atoms with Crippen LogP contribution in [0.4, 0.5) is 8.78 Å². The van der Waals surface area contributed by atoms with Crippen molar-refractivity contribution in [1.82, 2.24) is 0 Å². The van der Waals surface area contributed by atoms with Crippen LogP contribution >= 0.6 is 0 Å². The molecule has 0 saturated heterocycles. The molecule has 1 aromatic rings. The quantitative estimate of drug-likeness (QED) is 0.719. The molecule has 0 fully saturated rings. The molecular formula is C11H12F2O2. The van der Waals surface area contributed by atoms with Crippen molar-refractivity contribution in [3.63, 3.8) is 0 Å². The third-order valence-electron chi connectivity index (χ3n) is 2.39. The summed E-state index contributed by atoms with van der Waals surface area (Å²) in [6, 6.07) is 3.68. The molecule has 1 N–H and O–H groups in total. The summed E-state index contributed by atoms with van der Waals surface area (Å²) in [5, 5.41) is 9.20. The van der Waals surface area contributed by atoms with Crippen LogP contribution in [0.2, 0.25) is 0 Å². The summed E-state index contributed by atoms with van der Waals surface area (Å²) in [5.74, 6) is -2.90. The number of phenols is 1. The number of benzene rings is 1. The standard InChI is InChI=1S/C11H12F2O2/c1-10(2)6-11(12,13)8-4-3-7(14)5-9(8)15-10/h3-5,14H,6H2,1-2H3. The molecule has 4 heteroatoms. The highest BCUT2D eigenvalue weighted by molar-refractivity contribution is 5.44. The average Bonchev–Trinajstić information content (AvgIpc) is 1.97. The molecule has 0 unspecified atom stereocenters. The lowest BCUT2D eigenvalue weighted by Crippen LogP contribution is -2.39. The van der Waals surface area contributed by atoms with Gasteiger partial charge in [-0.25, -0.2) is 8.78 Å². The third-order valence-corrected chi connectivity index (χ3v) is 2.39. The normalized spacial score (nSPS) is 21.6. The van der Waals surface area contributed by atoms with Gasteiger partial charge in [0.2, 0.25) is 0 Å². The van der Waals surface area contributed by atoms with Crippen molar-refractivity contribution in [2.24, 2.45) is 0 Å². The third kappa shape index (κ3) is 1.76. The fraction of sp³-hybridized carbons (Fsp3) is 0.455. The molecule has 0 atom stereocenters. The zero-order chi connectivity index (χ0) is 11.3. The lowest BCUT2D eigenvalue weighted by molar-refractivity contribution is -0.0931. The first-order valence-electron chi connectivity index (χ1n) is 4.70. The minimum Gasteiger partial charge on any atom is -0.508 e. The van der Waals surface area contributed by atoms with Crippen molar-refractivity contribution in [1.29, 1.82) is 0 Å². The highest BCUT2D eigenvalue weighted by Crippen LogP contribution is 2.47. The second-order valence-corrected chi connectivity index (χ2v) is 4.42. The highest BCUT2D eigenvalue weighted by Gasteiger charge is 2.46. The van der Waals surface area contributed by atoms with Crippen LogP contribution < -0.4 is 4.74 Å². The summed E-state index contributed by atoms with van der Waals surface area (Å²) in [7, 11) is 0. The Hall–Kier alpha value is -1.32. The largest absolute Gasteiger partial charge is 0.508 e. The van der Waals surface area contributed by atoms with Crippen LogP contribution in [0.25, 0.3) is 0 Å². The van der Waals surface area contributed by atoms with E-state index in [2.05, 4.69) is 0 Å². The summed E-state index contributed by atoms with van der Waals surface area (Å²) in [5.41, 5.74) is -1.07. The Kier molecular flexibility index (Phi) is 1.93. The maximum absolute atomic E-state index is 13.7. The van der Waals surface area contributed by atoms with Crippen LogP contribution in [0.15, 0.2) is 18.2 Å². The van der Waals surface area contributed by atoms with Gasteiger partial charge in [0.25, 0.3) is 5.92 Å². The van der Waals surface area contributed by atoms with Gasteiger partial charge in [0, 0.05) is 6.07 Å². The van der Waals surface area contributed by atoms with Crippen LogP contribution in [-0.4, -0.2) is 10.7 Å². The van der Waals surface area contributed by atoms with Gasteiger partial charge in [-0.15, -0.1) is 0 Å². The van der Waals surface area contributed by atoms with Crippen LogP contribution in [0.3, 0.4) is 0 Å². The summed E-state index contributed by atoms with van der Waals surface area (Å²) in [4.78, 5) is 0. The molecule has 1 aromatic carbocycles. The Morgan fingerprint density at radius 2 is 2.00 bits per heavy atom. The van der Waals surface area contributed by atoms with E-state index in [1.165, 1.54) is 18.2 Å². The molecule has 0 radical (unpaired) electrons. The highest BCUT2D eigenvalue weighted by atomic mass is 19.3. The Morgan fingerprint density at radius 3 is 2.67 bits per heavy atom. The first-order chi connectivity index (χ1) is 6.80. The van der Waals surface area contributed by atoms with E-state index in [0.717, 1.165) is 0 Å². The molecule has 0 aromatic heterocycles. The Bertz CT molecular complexity index is 400. The van der Waals surface area contributed by atoms with Gasteiger partial charge >= 0.3 is 0 Å². The lowest BCUT2D eigenvalue weighted by Gasteiger charge is -2.37. The van der Waals surface area contributed by atoms with Gasteiger partial charge in [-0.3, -0.25) is 0 Å². The number of rotatable bonds is 0. The molecule has 1 aliphatic heterocycles. The van der Waals surface area contributed by atoms with E-state index in [1.54, 1.807) is 13.8 Å². The number of alkyl halides is 2. The molecule has 1 heterocycles. The maximum Gasteiger partial charge on any atom is 0.280 e. The summed E-state index contributed by atoms with van der Waals surface area (Å²) in [6.45, 7) is 3.21. The predicted octanol–water partition coefficient (Wildman–Crippen LogP) is 3.05. The molecule has 15 heavy (non-hydrogen) atoms. The van der Waals surface area contributed by atoms with E-state index in [0.29, 0.717) is 0 Å². The maximum atomic E-state index is 13.7. The molecule has 1 aliphatic rings. The zero-order valence-electron chi connectivity index (χ0n) is 8.55. The fourth-order valence-electron chi connectivity index (χ4n) is 1.86. The summed E-state index contributed by atoms with van der Waals surface area (Å²) >= 11 is 0.